The van der Waals surface area contributed by atoms with Crippen molar-refractivity contribution in [3.63, 3.8) is 0 Å². The Morgan fingerprint density at radius 2 is 2.24 bits per heavy atom. The summed E-state index contributed by atoms with van der Waals surface area (Å²) < 4.78 is 2.12. The second-order valence-corrected chi connectivity index (χ2v) is 5.26. The maximum atomic E-state index is 4.36. The molecular formula is C14H25N3. The molecule has 0 aliphatic heterocycles. The van der Waals surface area contributed by atoms with Gasteiger partial charge in [0.2, 0.25) is 0 Å². The highest BCUT2D eigenvalue weighted by molar-refractivity contribution is 5.00. The van der Waals surface area contributed by atoms with Gasteiger partial charge in [-0.3, -0.25) is 4.68 Å². The van der Waals surface area contributed by atoms with E-state index in [1.807, 2.05) is 6.20 Å². The summed E-state index contributed by atoms with van der Waals surface area (Å²) in [7, 11) is 0. The standard InChI is InChI=1S/C14H25N3/c1-3-10-17-14(8-9-16-17)11-15-12(2)13-6-4-5-7-13/h8-9,12-13,15H,3-7,10-11H2,1-2H3/t12-/m1/s1. The Labute approximate surface area is 105 Å². The van der Waals surface area contributed by atoms with Gasteiger partial charge in [-0.1, -0.05) is 19.8 Å². The normalized spacial score (nSPS) is 18.7. The van der Waals surface area contributed by atoms with Crippen molar-refractivity contribution in [3.8, 4) is 0 Å². The number of hydrogen-bond donors (Lipinski definition) is 1. The average Bonchev–Trinajstić information content (AvgIpc) is 2.97. The quantitative estimate of drug-likeness (QED) is 0.821. The second-order valence-electron chi connectivity index (χ2n) is 5.26. The molecule has 17 heavy (non-hydrogen) atoms. The molecule has 1 saturated carbocycles. The van der Waals surface area contributed by atoms with Crippen molar-refractivity contribution < 1.29 is 0 Å². The van der Waals surface area contributed by atoms with Gasteiger partial charge in [-0.2, -0.15) is 5.10 Å². The van der Waals surface area contributed by atoms with E-state index in [4.69, 9.17) is 0 Å². The van der Waals surface area contributed by atoms with E-state index in [-0.39, 0.29) is 0 Å². The minimum absolute atomic E-state index is 0.641. The van der Waals surface area contributed by atoms with Gasteiger partial charge in [-0.15, -0.1) is 0 Å². The van der Waals surface area contributed by atoms with Gasteiger partial charge in [0.15, 0.2) is 0 Å². The smallest absolute Gasteiger partial charge is 0.0522 e. The van der Waals surface area contributed by atoms with Crippen molar-refractivity contribution >= 4 is 0 Å². The average molecular weight is 235 g/mol. The van der Waals surface area contributed by atoms with Crippen molar-refractivity contribution in [1.29, 1.82) is 0 Å². The van der Waals surface area contributed by atoms with Crippen LogP contribution in [-0.2, 0) is 13.1 Å². The van der Waals surface area contributed by atoms with Crippen LogP contribution in [0.25, 0.3) is 0 Å². The molecule has 1 atom stereocenters. The number of nitrogens with zero attached hydrogens (tertiary/aromatic N) is 2. The topological polar surface area (TPSA) is 29.9 Å². The molecule has 0 aromatic carbocycles. The van der Waals surface area contributed by atoms with E-state index < -0.39 is 0 Å². The van der Waals surface area contributed by atoms with E-state index >= 15 is 0 Å². The van der Waals surface area contributed by atoms with Crippen molar-refractivity contribution in [2.45, 2.75) is 65.1 Å². The fraction of sp³-hybridized carbons (Fsp3) is 0.786. The first-order valence-electron chi connectivity index (χ1n) is 7.05. The van der Waals surface area contributed by atoms with Crippen LogP contribution in [0.2, 0.25) is 0 Å². The van der Waals surface area contributed by atoms with Crippen LogP contribution in [-0.4, -0.2) is 15.8 Å². The lowest BCUT2D eigenvalue weighted by Gasteiger charge is -2.20. The van der Waals surface area contributed by atoms with E-state index in [2.05, 4.69) is 35.0 Å². The summed E-state index contributed by atoms with van der Waals surface area (Å²) in [5.74, 6) is 0.887. The molecule has 0 amide bonds. The molecule has 1 aromatic rings. The first-order chi connectivity index (χ1) is 8.31. The molecule has 96 valence electrons. The Morgan fingerprint density at radius 1 is 1.47 bits per heavy atom. The molecule has 3 nitrogen and oxygen atoms in total. The van der Waals surface area contributed by atoms with Gasteiger partial charge in [0.1, 0.15) is 0 Å². The Balaban J connectivity index is 1.81. The summed E-state index contributed by atoms with van der Waals surface area (Å²) in [6.45, 7) is 6.51. The van der Waals surface area contributed by atoms with Crippen LogP contribution in [0, 0.1) is 5.92 Å². The zero-order chi connectivity index (χ0) is 12.1. The highest BCUT2D eigenvalue weighted by Crippen LogP contribution is 2.27. The highest BCUT2D eigenvalue weighted by Gasteiger charge is 2.21. The van der Waals surface area contributed by atoms with Gasteiger partial charge in [-0.25, -0.2) is 0 Å². The molecule has 0 saturated heterocycles. The summed E-state index contributed by atoms with van der Waals surface area (Å²) in [6.07, 6.45) is 8.71. The zero-order valence-corrected chi connectivity index (χ0v) is 11.2. The summed E-state index contributed by atoms with van der Waals surface area (Å²) in [4.78, 5) is 0. The van der Waals surface area contributed by atoms with Gasteiger partial charge in [0, 0.05) is 25.3 Å². The van der Waals surface area contributed by atoms with Crippen molar-refractivity contribution in [2.24, 2.45) is 5.92 Å². The van der Waals surface area contributed by atoms with Crippen LogP contribution in [0.1, 0.15) is 51.6 Å². The number of nitrogens with one attached hydrogen (secondary N) is 1. The van der Waals surface area contributed by atoms with E-state index in [1.54, 1.807) is 0 Å². The van der Waals surface area contributed by atoms with Crippen LogP contribution in [0.5, 0.6) is 0 Å². The minimum Gasteiger partial charge on any atom is -0.308 e. The fourth-order valence-corrected chi connectivity index (χ4v) is 2.81. The predicted octanol–water partition coefficient (Wildman–Crippen LogP) is 2.96. The number of hydrogen-bond acceptors (Lipinski definition) is 2. The molecule has 1 N–H and O–H groups in total. The monoisotopic (exact) mass is 235 g/mol. The molecule has 1 aromatic heterocycles. The molecule has 0 radical (unpaired) electrons. The molecule has 1 aliphatic carbocycles. The first-order valence-corrected chi connectivity index (χ1v) is 7.05. The van der Waals surface area contributed by atoms with Crippen LogP contribution in [0.3, 0.4) is 0 Å². The van der Waals surface area contributed by atoms with Gasteiger partial charge in [0.25, 0.3) is 0 Å². The number of aryl methyl sites for hydroxylation is 1. The van der Waals surface area contributed by atoms with Crippen molar-refractivity contribution in [3.05, 3.63) is 18.0 Å². The minimum atomic E-state index is 0.641. The van der Waals surface area contributed by atoms with Crippen molar-refractivity contribution in [2.75, 3.05) is 0 Å². The van der Waals surface area contributed by atoms with Crippen LogP contribution >= 0.6 is 0 Å². The molecule has 0 unspecified atom stereocenters. The lowest BCUT2D eigenvalue weighted by Crippen LogP contribution is -2.32. The summed E-state index contributed by atoms with van der Waals surface area (Å²) in [6, 6.07) is 2.77. The molecule has 3 heteroatoms. The second kappa shape index (κ2) is 6.20. The first kappa shape index (κ1) is 12.6. The van der Waals surface area contributed by atoms with Gasteiger partial charge in [-0.05, 0) is 38.2 Å². The zero-order valence-electron chi connectivity index (χ0n) is 11.2. The Morgan fingerprint density at radius 3 is 2.94 bits per heavy atom. The molecule has 1 fully saturated rings. The van der Waals surface area contributed by atoms with E-state index in [9.17, 15) is 0 Å². The largest absolute Gasteiger partial charge is 0.308 e. The van der Waals surface area contributed by atoms with Crippen LogP contribution in [0.15, 0.2) is 12.3 Å². The summed E-state index contributed by atoms with van der Waals surface area (Å²) in [5.41, 5.74) is 1.32. The van der Waals surface area contributed by atoms with Gasteiger partial charge in [0.05, 0.1) is 5.69 Å². The third kappa shape index (κ3) is 3.32. The van der Waals surface area contributed by atoms with Crippen LogP contribution in [0.4, 0.5) is 0 Å². The Hall–Kier alpha value is -0.830. The lowest BCUT2D eigenvalue weighted by atomic mass is 10.00. The molecule has 2 rings (SSSR count). The Bertz CT molecular complexity index is 326. The predicted molar refractivity (Wildman–Crippen MR) is 70.8 cm³/mol. The molecule has 0 spiro atoms. The molecular weight excluding hydrogens is 210 g/mol. The van der Waals surface area contributed by atoms with Gasteiger partial charge < -0.3 is 5.32 Å². The maximum Gasteiger partial charge on any atom is 0.0522 e. The molecule has 1 aliphatic rings. The fourth-order valence-electron chi connectivity index (χ4n) is 2.81. The summed E-state index contributed by atoms with van der Waals surface area (Å²) >= 11 is 0. The van der Waals surface area contributed by atoms with E-state index in [0.29, 0.717) is 6.04 Å². The SMILES string of the molecule is CCCn1nccc1CN[C@H](C)C1CCCC1. The Kier molecular flexibility index (Phi) is 4.60. The number of rotatable bonds is 6. The maximum absolute atomic E-state index is 4.36. The molecule has 1 heterocycles. The molecule has 0 bridgehead atoms. The summed E-state index contributed by atoms with van der Waals surface area (Å²) in [5, 5.41) is 8.02. The highest BCUT2D eigenvalue weighted by atomic mass is 15.3. The van der Waals surface area contributed by atoms with Crippen molar-refractivity contribution in [1.82, 2.24) is 15.1 Å². The lowest BCUT2D eigenvalue weighted by molar-refractivity contribution is 0.374. The number of aromatic nitrogens is 2. The van der Waals surface area contributed by atoms with E-state index in [1.165, 1.54) is 31.4 Å². The third-order valence-corrected chi connectivity index (χ3v) is 3.95. The van der Waals surface area contributed by atoms with Gasteiger partial charge >= 0.3 is 0 Å². The third-order valence-electron chi connectivity index (χ3n) is 3.95. The van der Waals surface area contributed by atoms with Crippen LogP contribution < -0.4 is 5.32 Å². The van der Waals surface area contributed by atoms with E-state index in [0.717, 1.165) is 25.4 Å².